The van der Waals surface area contributed by atoms with Gasteiger partial charge in [0.1, 0.15) is 6.54 Å². The molecule has 1 aromatic heterocycles. The van der Waals surface area contributed by atoms with Crippen molar-refractivity contribution in [3.63, 3.8) is 0 Å². The molecule has 0 saturated heterocycles. The van der Waals surface area contributed by atoms with Crippen molar-refractivity contribution in [2.24, 2.45) is 0 Å². The van der Waals surface area contributed by atoms with E-state index in [4.69, 9.17) is 10.8 Å². The molecule has 0 aliphatic rings. The predicted molar refractivity (Wildman–Crippen MR) is 67.1 cm³/mol. The largest absolute Gasteiger partial charge is 0.480 e. The summed E-state index contributed by atoms with van der Waals surface area (Å²) in [7, 11) is 1.73. The first-order valence-corrected chi connectivity index (χ1v) is 5.15. The van der Waals surface area contributed by atoms with Gasteiger partial charge in [0, 0.05) is 24.3 Å². The van der Waals surface area contributed by atoms with Gasteiger partial charge in [-0.25, -0.2) is 0 Å². The van der Waals surface area contributed by atoms with Gasteiger partial charge in [-0.1, -0.05) is 0 Å². The van der Waals surface area contributed by atoms with Crippen LogP contribution in [-0.2, 0) is 4.79 Å². The van der Waals surface area contributed by atoms with Crippen molar-refractivity contribution in [2.45, 2.75) is 0 Å². The Morgan fingerprint density at radius 3 is 2.94 bits per heavy atom. The molecule has 5 heteroatoms. The quantitative estimate of drug-likeness (QED) is 0.779. The number of nitrogen functional groups attached to an aromatic ring is 1. The van der Waals surface area contributed by atoms with E-state index in [2.05, 4.69) is 4.98 Å². The number of nitrogens with two attached hydrogens (primary N) is 1. The molecule has 2 aromatic rings. The Kier molecular flexibility index (Phi) is 2.82. The van der Waals surface area contributed by atoms with Gasteiger partial charge in [0.15, 0.2) is 0 Å². The van der Waals surface area contributed by atoms with Gasteiger partial charge in [-0.3, -0.25) is 9.78 Å². The van der Waals surface area contributed by atoms with Crippen molar-refractivity contribution in [1.29, 1.82) is 0 Å². The second-order valence-electron chi connectivity index (χ2n) is 3.82. The molecule has 0 spiro atoms. The summed E-state index contributed by atoms with van der Waals surface area (Å²) in [5, 5.41) is 9.65. The maximum atomic E-state index is 10.7. The molecule has 0 radical (unpaired) electrons. The van der Waals surface area contributed by atoms with Gasteiger partial charge in [-0.15, -0.1) is 0 Å². The third kappa shape index (κ3) is 2.13. The molecule has 0 saturated carbocycles. The van der Waals surface area contributed by atoms with E-state index < -0.39 is 5.97 Å². The van der Waals surface area contributed by atoms with E-state index in [9.17, 15) is 4.79 Å². The lowest BCUT2D eigenvalue weighted by Crippen LogP contribution is -2.25. The highest BCUT2D eigenvalue weighted by atomic mass is 16.4. The highest BCUT2D eigenvalue weighted by Crippen LogP contribution is 2.28. The van der Waals surface area contributed by atoms with Gasteiger partial charge in [-0.05, 0) is 24.3 Å². The van der Waals surface area contributed by atoms with Gasteiger partial charge in [-0.2, -0.15) is 0 Å². The lowest BCUT2D eigenvalue weighted by Gasteiger charge is -2.19. The van der Waals surface area contributed by atoms with Crippen LogP contribution in [-0.4, -0.2) is 29.7 Å². The molecule has 3 N–H and O–H groups in total. The summed E-state index contributed by atoms with van der Waals surface area (Å²) in [5.74, 6) is -0.874. The van der Waals surface area contributed by atoms with Crippen molar-refractivity contribution in [3.8, 4) is 0 Å². The first kappa shape index (κ1) is 11.2. The molecule has 0 aliphatic carbocycles. The Labute approximate surface area is 98.5 Å². The fraction of sp³-hybridized carbons (Fsp3) is 0.167. The van der Waals surface area contributed by atoms with E-state index in [1.165, 1.54) is 0 Å². The molecule has 5 nitrogen and oxygen atoms in total. The number of carboxylic acids is 1. The summed E-state index contributed by atoms with van der Waals surface area (Å²) >= 11 is 0. The van der Waals surface area contributed by atoms with Gasteiger partial charge in [0.25, 0.3) is 0 Å². The van der Waals surface area contributed by atoms with Crippen molar-refractivity contribution in [2.75, 3.05) is 24.2 Å². The third-order valence-corrected chi connectivity index (χ3v) is 2.56. The van der Waals surface area contributed by atoms with Gasteiger partial charge in [0.05, 0.1) is 11.2 Å². The Balaban J connectivity index is 2.55. The standard InChI is InChI=1S/C12H13N3O2/c1-15(7-11(16)17)10-5-4-9(13)12-8(10)3-2-6-14-12/h2-6H,7,13H2,1H3,(H,16,17). The zero-order valence-corrected chi connectivity index (χ0v) is 9.42. The Bertz CT molecular complexity index is 569. The Hall–Kier alpha value is -2.30. The summed E-state index contributed by atoms with van der Waals surface area (Å²) in [5.41, 5.74) is 7.93. The molecule has 0 fully saturated rings. The fourth-order valence-electron chi connectivity index (χ4n) is 1.80. The molecule has 0 amide bonds. The number of fused-ring (bicyclic) bond motifs is 1. The van der Waals surface area contributed by atoms with Crippen molar-refractivity contribution < 1.29 is 9.90 Å². The first-order valence-electron chi connectivity index (χ1n) is 5.15. The highest BCUT2D eigenvalue weighted by molar-refractivity contribution is 5.99. The average Bonchev–Trinajstić information content (AvgIpc) is 2.29. The van der Waals surface area contributed by atoms with E-state index in [0.717, 1.165) is 11.1 Å². The molecular weight excluding hydrogens is 218 g/mol. The number of benzene rings is 1. The lowest BCUT2D eigenvalue weighted by atomic mass is 10.1. The summed E-state index contributed by atoms with van der Waals surface area (Å²) in [4.78, 5) is 16.6. The van der Waals surface area contributed by atoms with Crippen LogP contribution in [0.15, 0.2) is 30.5 Å². The molecule has 1 heterocycles. The van der Waals surface area contributed by atoms with Gasteiger partial charge < -0.3 is 15.7 Å². The van der Waals surface area contributed by atoms with E-state index in [-0.39, 0.29) is 6.54 Å². The van der Waals surface area contributed by atoms with Crippen LogP contribution < -0.4 is 10.6 Å². The zero-order valence-electron chi connectivity index (χ0n) is 9.42. The summed E-state index contributed by atoms with van der Waals surface area (Å²) < 4.78 is 0. The minimum absolute atomic E-state index is 0.0616. The number of likely N-dealkylation sites (N-methyl/N-ethyl adjacent to an activating group) is 1. The number of aromatic nitrogens is 1. The van der Waals surface area contributed by atoms with Crippen LogP contribution in [0.1, 0.15) is 0 Å². The lowest BCUT2D eigenvalue weighted by molar-refractivity contribution is -0.135. The minimum atomic E-state index is -0.874. The fourth-order valence-corrected chi connectivity index (χ4v) is 1.80. The van der Waals surface area contributed by atoms with E-state index >= 15 is 0 Å². The number of rotatable bonds is 3. The molecular formula is C12H13N3O2. The third-order valence-electron chi connectivity index (χ3n) is 2.56. The molecule has 0 bridgehead atoms. The monoisotopic (exact) mass is 231 g/mol. The number of hydrogen-bond acceptors (Lipinski definition) is 4. The van der Waals surface area contributed by atoms with Crippen molar-refractivity contribution in [3.05, 3.63) is 30.5 Å². The smallest absolute Gasteiger partial charge is 0.323 e. The van der Waals surface area contributed by atoms with Crippen LogP contribution in [0.5, 0.6) is 0 Å². The molecule has 1 aromatic carbocycles. The van der Waals surface area contributed by atoms with Crippen LogP contribution >= 0.6 is 0 Å². The van der Waals surface area contributed by atoms with Crippen LogP contribution in [0.3, 0.4) is 0 Å². The number of nitrogens with zero attached hydrogens (tertiary/aromatic N) is 2. The molecule has 0 unspecified atom stereocenters. The number of pyridine rings is 1. The van der Waals surface area contributed by atoms with Gasteiger partial charge in [0.2, 0.25) is 0 Å². The normalized spacial score (nSPS) is 10.4. The van der Waals surface area contributed by atoms with Crippen LogP contribution in [0.25, 0.3) is 10.9 Å². The number of carbonyl (C=O) groups is 1. The Morgan fingerprint density at radius 2 is 2.24 bits per heavy atom. The number of hydrogen-bond donors (Lipinski definition) is 2. The number of anilines is 2. The maximum absolute atomic E-state index is 10.7. The second-order valence-corrected chi connectivity index (χ2v) is 3.82. The van der Waals surface area contributed by atoms with Crippen LogP contribution in [0, 0.1) is 0 Å². The maximum Gasteiger partial charge on any atom is 0.323 e. The zero-order chi connectivity index (χ0) is 12.4. The van der Waals surface area contributed by atoms with E-state index in [1.54, 1.807) is 30.3 Å². The highest BCUT2D eigenvalue weighted by Gasteiger charge is 2.10. The van der Waals surface area contributed by atoms with Gasteiger partial charge >= 0.3 is 5.97 Å². The number of carboxylic acid groups (broad SMARTS) is 1. The molecule has 0 atom stereocenters. The molecule has 88 valence electrons. The Morgan fingerprint density at radius 1 is 1.47 bits per heavy atom. The van der Waals surface area contributed by atoms with Crippen molar-refractivity contribution >= 4 is 28.2 Å². The SMILES string of the molecule is CN(CC(=O)O)c1ccc(N)c2ncccc12. The predicted octanol–water partition coefficient (Wildman–Crippen LogP) is 1.34. The average molecular weight is 231 g/mol. The minimum Gasteiger partial charge on any atom is -0.480 e. The second kappa shape index (κ2) is 4.29. The topological polar surface area (TPSA) is 79.5 Å². The summed E-state index contributed by atoms with van der Waals surface area (Å²) in [6.45, 7) is -0.0616. The van der Waals surface area contributed by atoms with Crippen molar-refractivity contribution in [1.82, 2.24) is 4.98 Å². The first-order chi connectivity index (χ1) is 8.09. The van der Waals surface area contributed by atoms with Crippen LogP contribution in [0.2, 0.25) is 0 Å². The summed E-state index contributed by atoms with van der Waals surface area (Å²) in [6.07, 6.45) is 1.67. The molecule has 17 heavy (non-hydrogen) atoms. The molecule has 2 rings (SSSR count). The van der Waals surface area contributed by atoms with Crippen LogP contribution in [0.4, 0.5) is 11.4 Å². The number of aliphatic carboxylic acids is 1. The summed E-state index contributed by atoms with van der Waals surface area (Å²) in [6, 6.07) is 7.23. The molecule has 0 aliphatic heterocycles. The van der Waals surface area contributed by atoms with E-state index in [1.807, 2.05) is 12.1 Å². The van der Waals surface area contributed by atoms with E-state index in [0.29, 0.717) is 11.2 Å².